The highest BCUT2D eigenvalue weighted by atomic mass is 16.5. The zero-order chi connectivity index (χ0) is 13.9. The van der Waals surface area contributed by atoms with Gasteiger partial charge in [-0.25, -0.2) is 0 Å². The van der Waals surface area contributed by atoms with Crippen LogP contribution in [0, 0.1) is 0 Å². The van der Waals surface area contributed by atoms with Crippen LogP contribution in [0.3, 0.4) is 0 Å². The molecule has 2 unspecified atom stereocenters. The minimum absolute atomic E-state index is 0.362. The fourth-order valence-electron chi connectivity index (χ4n) is 3.37. The first kappa shape index (κ1) is 14.5. The first-order valence-corrected chi connectivity index (χ1v) is 7.56. The van der Waals surface area contributed by atoms with Crippen molar-refractivity contribution >= 4 is 0 Å². The van der Waals surface area contributed by atoms with Crippen molar-refractivity contribution in [1.29, 1.82) is 0 Å². The van der Waals surface area contributed by atoms with Gasteiger partial charge in [-0.05, 0) is 49.7 Å². The molecule has 0 saturated heterocycles. The van der Waals surface area contributed by atoms with Crippen molar-refractivity contribution < 1.29 is 9.84 Å². The summed E-state index contributed by atoms with van der Waals surface area (Å²) in [4.78, 5) is 0. The first-order chi connectivity index (χ1) is 9.16. The molecule has 0 bridgehead atoms. The topological polar surface area (TPSA) is 29.5 Å². The van der Waals surface area contributed by atoms with E-state index in [-0.39, 0.29) is 11.7 Å². The Morgan fingerprint density at radius 1 is 1.26 bits per heavy atom. The van der Waals surface area contributed by atoms with Gasteiger partial charge in [-0.3, -0.25) is 0 Å². The summed E-state index contributed by atoms with van der Waals surface area (Å²) in [7, 11) is 0. The van der Waals surface area contributed by atoms with E-state index in [0.717, 1.165) is 25.7 Å². The van der Waals surface area contributed by atoms with Crippen LogP contribution in [0.1, 0.15) is 57.1 Å². The molecule has 1 aliphatic rings. The monoisotopic (exact) mass is 262 g/mol. The van der Waals surface area contributed by atoms with Gasteiger partial charge in [0.15, 0.2) is 0 Å². The Morgan fingerprint density at radius 2 is 1.95 bits per heavy atom. The van der Waals surface area contributed by atoms with Gasteiger partial charge in [0.1, 0.15) is 0 Å². The molecule has 0 spiro atoms. The third-order valence-electron chi connectivity index (χ3n) is 4.71. The van der Waals surface area contributed by atoms with Gasteiger partial charge in [-0.1, -0.05) is 38.1 Å². The lowest BCUT2D eigenvalue weighted by Crippen LogP contribution is -2.45. The molecule has 1 aromatic rings. The molecule has 0 amide bonds. The van der Waals surface area contributed by atoms with Crippen molar-refractivity contribution in [3.63, 3.8) is 0 Å². The van der Waals surface area contributed by atoms with Crippen LogP contribution in [0.4, 0.5) is 0 Å². The zero-order valence-corrected chi connectivity index (χ0v) is 12.4. The van der Waals surface area contributed by atoms with Gasteiger partial charge in [-0.15, -0.1) is 0 Å². The standard InChI is InChI=1S/C17H26O2/c1-4-17(5-2,19-6-3)16(18)12-14-11-13-9-7-8-10-15(13)14/h7-10,14,16,18H,4-6,11-12H2,1-3H3. The van der Waals surface area contributed by atoms with Crippen LogP contribution >= 0.6 is 0 Å². The van der Waals surface area contributed by atoms with Gasteiger partial charge in [0.25, 0.3) is 0 Å². The van der Waals surface area contributed by atoms with E-state index in [0.29, 0.717) is 12.5 Å². The molecule has 0 radical (unpaired) electrons. The second-order valence-electron chi connectivity index (χ2n) is 5.56. The summed E-state index contributed by atoms with van der Waals surface area (Å²) < 4.78 is 5.90. The van der Waals surface area contributed by atoms with Crippen LogP contribution in [0.5, 0.6) is 0 Å². The average Bonchev–Trinajstić information content (AvgIpc) is 2.42. The summed E-state index contributed by atoms with van der Waals surface area (Å²) in [5, 5.41) is 10.6. The van der Waals surface area contributed by atoms with Crippen molar-refractivity contribution in [3.05, 3.63) is 35.4 Å². The molecule has 0 aliphatic heterocycles. The van der Waals surface area contributed by atoms with Gasteiger partial charge in [0, 0.05) is 6.61 Å². The van der Waals surface area contributed by atoms with Gasteiger partial charge in [-0.2, -0.15) is 0 Å². The summed E-state index contributed by atoms with van der Waals surface area (Å²) >= 11 is 0. The zero-order valence-electron chi connectivity index (χ0n) is 12.4. The molecule has 19 heavy (non-hydrogen) atoms. The lowest BCUT2D eigenvalue weighted by Gasteiger charge is -2.40. The summed E-state index contributed by atoms with van der Waals surface area (Å²) in [5.41, 5.74) is 2.49. The molecule has 106 valence electrons. The van der Waals surface area contributed by atoms with Crippen molar-refractivity contribution in [2.24, 2.45) is 0 Å². The lowest BCUT2D eigenvalue weighted by molar-refractivity contribution is -0.129. The number of benzene rings is 1. The summed E-state index contributed by atoms with van der Waals surface area (Å²) in [5.74, 6) is 0.504. The van der Waals surface area contributed by atoms with Crippen LogP contribution < -0.4 is 0 Å². The number of aliphatic hydroxyl groups excluding tert-OH is 1. The van der Waals surface area contributed by atoms with E-state index < -0.39 is 0 Å². The Morgan fingerprint density at radius 3 is 2.53 bits per heavy atom. The minimum Gasteiger partial charge on any atom is -0.390 e. The van der Waals surface area contributed by atoms with E-state index in [2.05, 4.69) is 38.1 Å². The number of hydrogen-bond acceptors (Lipinski definition) is 2. The van der Waals surface area contributed by atoms with E-state index in [1.807, 2.05) is 6.92 Å². The molecule has 0 heterocycles. The number of rotatable bonds is 7. The summed E-state index contributed by atoms with van der Waals surface area (Å²) in [6.45, 7) is 6.89. The quantitative estimate of drug-likeness (QED) is 0.812. The van der Waals surface area contributed by atoms with E-state index >= 15 is 0 Å². The molecule has 0 saturated carbocycles. The van der Waals surface area contributed by atoms with Gasteiger partial charge in [0.2, 0.25) is 0 Å². The van der Waals surface area contributed by atoms with Crippen LogP contribution in [-0.2, 0) is 11.2 Å². The van der Waals surface area contributed by atoms with E-state index in [1.165, 1.54) is 11.1 Å². The highest BCUT2D eigenvalue weighted by molar-refractivity contribution is 5.39. The second kappa shape index (κ2) is 6.06. The largest absolute Gasteiger partial charge is 0.390 e. The second-order valence-corrected chi connectivity index (χ2v) is 5.56. The molecule has 1 aliphatic carbocycles. The predicted molar refractivity (Wildman–Crippen MR) is 78.4 cm³/mol. The van der Waals surface area contributed by atoms with Crippen molar-refractivity contribution in [1.82, 2.24) is 0 Å². The van der Waals surface area contributed by atoms with Crippen molar-refractivity contribution in [2.45, 2.75) is 64.1 Å². The maximum absolute atomic E-state index is 10.6. The van der Waals surface area contributed by atoms with Crippen LogP contribution in [0.25, 0.3) is 0 Å². The molecule has 0 aromatic heterocycles. The fraction of sp³-hybridized carbons (Fsp3) is 0.647. The highest BCUT2D eigenvalue weighted by Crippen LogP contribution is 2.40. The van der Waals surface area contributed by atoms with E-state index in [1.54, 1.807) is 0 Å². The minimum atomic E-state index is -0.374. The fourth-order valence-corrected chi connectivity index (χ4v) is 3.37. The van der Waals surface area contributed by atoms with Crippen LogP contribution in [-0.4, -0.2) is 23.4 Å². The Balaban J connectivity index is 2.03. The van der Waals surface area contributed by atoms with Crippen LogP contribution in [0.15, 0.2) is 24.3 Å². The summed E-state index contributed by atoms with van der Waals surface area (Å²) in [6.07, 6.45) is 3.28. The molecule has 2 nitrogen and oxygen atoms in total. The van der Waals surface area contributed by atoms with Gasteiger partial charge >= 0.3 is 0 Å². The maximum Gasteiger partial charge on any atom is 0.0934 e. The molecular weight excluding hydrogens is 236 g/mol. The smallest absolute Gasteiger partial charge is 0.0934 e. The molecule has 2 rings (SSSR count). The average molecular weight is 262 g/mol. The molecule has 1 aromatic carbocycles. The Hall–Kier alpha value is -0.860. The highest BCUT2D eigenvalue weighted by Gasteiger charge is 2.38. The number of aliphatic hydroxyl groups is 1. The predicted octanol–water partition coefficient (Wildman–Crippen LogP) is 3.67. The third-order valence-corrected chi connectivity index (χ3v) is 4.71. The Bertz CT molecular complexity index is 409. The molecular formula is C17H26O2. The van der Waals surface area contributed by atoms with Crippen molar-refractivity contribution in [3.8, 4) is 0 Å². The number of fused-ring (bicyclic) bond motifs is 1. The molecule has 0 fully saturated rings. The molecule has 1 N–H and O–H groups in total. The number of hydrogen-bond donors (Lipinski definition) is 1. The van der Waals surface area contributed by atoms with Crippen molar-refractivity contribution in [2.75, 3.05) is 6.61 Å². The van der Waals surface area contributed by atoms with Crippen LogP contribution in [0.2, 0.25) is 0 Å². The first-order valence-electron chi connectivity index (χ1n) is 7.56. The van der Waals surface area contributed by atoms with Gasteiger partial charge in [0.05, 0.1) is 11.7 Å². The molecule has 2 heteroatoms. The SMILES string of the molecule is CCOC(CC)(CC)C(O)CC1Cc2ccccc21. The number of ether oxygens (including phenoxy) is 1. The maximum atomic E-state index is 10.6. The lowest BCUT2D eigenvalue weighted by atomic mass is 9.72. The van der Waals surface area contributed by atoms with Gasteiger partial charge < -0.3 is 9.84 Å². The summed E-state index contributed by atoms with van der Waals surface area (Å²) in [6, 6.07) is 8.56. The normalized spacial score (nSPS) is 19.7. The third kappa shape index (κ3) is 2.70. The van der Waals surface area contributed by atoms with E-state index in [9.17, 15) is 5.11 Å². The Labute approximate surface area is 116 Å². The molecule has 2 atom stereocenters. The van der Waals surface area contributed by atoms with E-state index in [4.69, 9.17) is 4.74 Å². The Kier molecular flexibility index (Phi) is 4.64.